The topological polar surface area (TPSA) is 83.9 Å². The third-order valence-electron chi connectivity index (χ3n) is 2.23. The first-order valence-electron chi connectivity index (χ1n) is 5.63. The van der Waals surface area contributed by atoms with Gasteiger partial charge in [0.15, 0.2) is 0 Å². The summed E-state index contributed by atoms with van der Waals surface area (Å²) >= 11 is 0. The van der Waals surface area contributed by atoms with Gasteiger partial charge in [0.2, 0.25) is 0 Å². The molecule has 6 nitrogen and oxygen atoms in total. The van der Waals surface area contributed by atoms with Crippen molar-refractivity contribution in [3.05, 3.63) is 30.3 Å². The largest absolute Gasteiger partial charge is 0.297 e. The Labute approximate surface area is 106 Å². The number of rotatable bonds is 4. The highest BCUT2D eigenvalue weighted by atomic mass is 32.2. The molecule has 0 aliphatic heterocycles. The number of benzene rings is 1. The highest BCUT2D eigenvalue weighted by Crippen LogP contribution is 2.19. The molecule has 18 heavy (non-hydrogen) atoms. The van der Waals surface area contributed by atoms with Crippen molar-refractivity contribution < 1.29 is 4.21 Å². The van der Waals surface area contributed by atoms with Gasteiger partial charge in [-0.05, 0) is 23.3 Å². The standard InChI is InChI=1S/C11H15N5OS/c1-9(2)8-18(17,10-6-4-3-5-7-10)14-11-12-15-16-13-11/h3-7,9H,8H2,1-2H3,(H,12,13,15,16). The average Bonchev–Trinajstić information content (AvgIpc) is 2.81. The van der Waals surface area contributed by atoms with Crippen LogP contribution in [0.15, 0.2) is 39.6 Å². The molecule has 0 bridgehead atoms. The first-order valence-corrected chi connectivity index (χ1v) is 7.32. The zero-order valence-electron chi connectivity index (χ0n) is 10.3. The van der Waals surface area contributed by atoms with E-state index in [9.17, 15) is 4.21 Å². The van der Waals surface area contributed by atoms with E-state index in [1.54, 1.807) is 0 Å². The Balaban J connectivity index is 2.51. The third-order valence-corrected chi connectivity index (χ3v) is 4.82. The second kappa shape index (κ2) is 5.26. The van der Waals surface area contributed by atoms with E-state index in [1.165, 1.54) is 0 Å². The van der Waals surface area contributed by atoms with Crippen molar-refractivity contribution in [2.75, 3.05) is 5.75 Å². The van der Waals surface area contributed by atoms with Gasteiger partial charge in [-0.25, -0.2) is 4.21 Å². The molecule has 1 N–H and O–H groups in total. The van der Waals surface area contributed by atoms with Crippen LogP contribution in [0.3, 0.4) is 0 Å². The highest BCUT2D eigenvalue weighted by molar-refractivity contribution is 7.93. The maximum atomic E-state index is 13.0. The molecule has 96 valence electrons. The summed E-state index contributed by atoms with van der Waals surface area (Å²) in [6.07, 6.45) is 0. The van der Waals surface area contributed by atoms with E-state index in [1.807, 2.05) is 44.2 Å². The Kier molecular flexibility index (Phi) is 3.71. The second-order valence-corrected chi connectivity index (χ2v) is 6.59. The number of tetrazole rings is 1. The van der Waals surface area contributed by atoms with Crippen molar-refractivity contribution in [1.29, 1.82) is 0 Å². The molecule has 0 fully saturated rings. The molecule has 0 aliphatic rings. The normalized spacial score (nSPS) is 14.4. The fourth-order valence-corrected chi connectivity index (χ4v) is 3.80. The summed E-state index contributed by atoms with van der Waals surface area (Å²) in [6, 6.07) is 9.21. The van der Waals surface area contributed by atoms with Crippen LogP contribution < -0.4 is 0 Å². The summed E-state index contributed by atoms with van der Waals surface area (Å²) in [4.78, 5) is 0.698. The second-order valence-electron chi connectivity index (χ2n) is 4.32. The molecule has 0 radical (unpaired) electrons. The van der Waals surface area contributed by atoms with Crippen LogP contribution in [0.5, 0.6) is 0 Å². The number of nitrogens with one attached hydrogen (secondary N) is 1. The number of hydrogen-bond donors (Lipinski definition) is 1. The number of aromatic nitrogens is 4. The lowest BCUT2D eigenvalue weighted by Crippen LogP contribution is -2.11. The molecule has 7 heteroatoms. The van der Waals surface area contributed by atoms with Crippen LogP contribution in [0.2, 0.25) is 0 Å². The van der Waals surface area contributed by atoms with Crippen LogP contribution in [0.1, 0.15) is 13.8 Å². The highest BCUT2D eigenvalue weighted by Gasteiger charge is 2.16. The molecule has 0 saturated carbocycles. The molecule has 2 rings (SSSR count). The lowest BCUT2D eigenvalue weighted by molar-refractivity contribution is 0.657. The first kappa shape index (κ1) is 12.7. The minimum absolute atomic E-state index is 0.129. The molecular formula is C11H15N5OS. The average molecular weight is 265 g/mol. The zero-order chi connectivity index (χ0) is 13.0. The van der Waals surface area contributed by atoms with Crippen molar-refractivity contribution >= 4 is 15.7 Å². The molecule has 1 atom stereocenters. The van der Waals surface area contributed by atoms with Gasteiger partial charge < -0.3 is 0 Å². The molecule has 1 aromatic heterocycles. The quantitative estimate of drug-likeness (QED) is 0.916. The monoisotopic (exact) mass is 265 g/mol. The maximum absolute atomic E-state index is 13.0. The summed E-state index contributed by atoms with van der Waals surface area (Å²) < 4.78 is 17.1. The lowest BCUT2D eigenvalue weighted by Gasteiger charge is -2.11. The van der Waals surface area contributed by atoms with Gasteiger partial charge in [0.05, 0.1) is 9.73 Å². The number of aromatic amines is 1. The molecule has 0 spiro atoms. The maximum Gasteiger partial charge on any atom is 0.297 e. The van der Waals surface area contributed by atoms with Gasteiger partial charge in [-0.2, -0.15) is 9.58 Å². The predicted octanol–water partition coefficient (Wildman–Crippen LogP) is 2.01. The van der Waals surface area contributed by atoms with E-state index >= 15 is 0 Å². The van der Waals surface area contributed by atoms with Crippen LogP contribution in [-0.4, -0.2) is 30.6 Å². The Hall–Kier alpha value is -1.76. The summed E-state index contributed by atoms with van der Waals surface area (Å²) in [5.41, 5.74) is 0. The molecule has 2 aromatic rings. The fourth-order valence-electron chi connectivity index (χ4n) is 1.60. The summed E-state index contributed by atoms with van der Waals surface area (Å²) in [5, 5.41) is 13.2. The Morgan fingerprint density at radius 2 is 2.06 bits per heavy atom. The van der Waals surface area contributed by atoms with E-state index in [0.29, 0.717) is 10.6 Å². The summed E-state index contributed by atoms with van der Waals surface area (Å²) in [7, 11) is -2.55. The van der Waals surface area contributed by atoms with Crippen LogP contribution in [0.4, 0.5) is 5.95 Å². The van der Waals surface area contributed by atoms with Crippen LogP contribution >= 0.6 is 0 Å². The number of nitrogens with zero attached hydrogens (tertiary/aromatic N) is 4. The van der Waals surface area contributed by atoms with Gasteiger partial charge in [0.25, 0.3) is 5.95 Å². The van der Waals surface area contributed by atoms with Gasteiger partial charge in [-0.15, -0.1) is 5.10 Å². The molecule has 0 amide bonds. The summed E-state index contributed by atoms with van der Waals surface area (Å²) in [5.74, 6) is 0.851. The van der Waals surface area contributed by atoms with E-state index in [2.05, 4.69) is 25.0 Å². The smallest absolute Gasteiger partial charge is 0.244 e. The molecule has 1 heterocycles. The molecular weight excluding hydrogens is 250 g/mol. The molecule has 0 saturated heterocycles. The first-order chi connectivity index (χ1) is 8.60. The van der Waals surface area contributed by atoms with Crippen molar-refractivity contribution in [3.8, 4) is 0 Å². The van der Waals surface area contributed by atoms with Gasteiger partial charge in [-0.1, -0.05) is 37.1 Å². The van der Waals surface area contributed by atoms with Crippen LogP contribution in [0, 0.1) is 5.92 Å². The van der Waals surface area contributed by atoms with E-state index < -0.39 is 9.73 Å². The molecule has 1 aromatic carbocycles. The lowest BCUT2D eigenvalue weighted by atomic mass is 10.3. The third kappa shape index (κ3) is 2.92. The van der Waals surface area contributed by atoms with Gasteiger partial charge in [0, 0.05) is 10.6 Å². The zero-order valence-corrected chi connectivity index (χ0v) is 11.1. The Morgan fingerprint density at radius 3 is 2.61 bits per heavy atom. The minimum atomic E-state index is -2.55. The molecule has 0 aliphatic carbocycles. The minimum Gasteiger partial charge on any atom is -0.244 e. The SMILES string of the molecule is CC(C)CS(=O)(=Nc1nn[nH]n1)c1ccccc1. The molecule has 1 unspecified atom stereocenters. The van der Waals surface area contributed by atoms with Crippen molar-refractivity contribution in [2.24, 2.45) is 10.3 Å². The van der Waals surface area contributed by atoms with Crippen molar-refractivity contribution in [1.82, 2.24) is 20.6 Å². The van der Waals surface area contributed by atoms with Crippen LogP contribution in [-0.2, 0) is 9.73 Å². The summed E-state index contributed by atoms with van der Waals surface area (Å²) in [6.45, 7) is 4.02. The van der Waals surface area contributed by atoms with Gasteiger partial charge in [-0.3, -0.25) is 0 Å². The fraction of sp³-hybridized carbons (Fsp3) is 0.364. The van der Waals surface area contributed by atoms with Gasteiger partial charge in [0.1, 0.15) is 0 Å². The van der Waals surface area contributed by atoms with E-state index in [4.69, 9.17) is 0 Å². The number of H-pyrrole nitrogens is 1. The number of hydrogen-bond acceptors (Lipinski definition) is 5. The van der Waals surface area contributed by atoms with E-state index in [0.717, 1.165) is 0 Å². The van der Waals surface area contributed by atoms with Crippen molar-refractivity contribution in [2.45, 2.75) is 18.7 Å². The Bertz CT molecular complexity index is 600. The Morgan fingerprint density at radius 1 is 1.33 bits per heavy atom. The van der Waals surface area contributed by atoms with Gasteiger partial charge >= 0.3 is 0 Å². The predicted molar refractivity (Wildman–Crippen MR) is 68.8 cm³/mol. The van der Waals surface area contributed by atoms with Crippen LogP contribution in [0.25, 0.3) is 0 Å². The van der Waals surface area contributed by atoms with E-state index in [-0.39, 0.29) is 11.9 Å². The van der Waals surface area contributed by atoms with Crippen molar-refractivity contribution in [3.63, 3.8) is 0 Å².